The zero-order valence-electron chi connectivity index (χ0n) is 15.8. The Morgan fingerprint density at radius 2 is 1.97 bits per heavy atom. The number of aliphatic carboxylic acids is 1. The monoisotopic (exact) mass is 479 g/mol. The van der Waals surface area contributed by atoms with Crippen molar-refractivity contribution >= 4 is 45.4 Å². The van der Waals surface area contributed by atoms with E-state index in [1.807, 2.05) is 18.4 Å². The second-order valence-corrected chi connectivity index (χ2v) is 7.92. The fourth-order valence-electron chi connectivity index (χ4n) is 2.62. The molecule has 0 saturated heterocycles. The summed E-state index contributed by atoms with van der Waals surface area (Å²) < 4.78 is 6.33. The molecule has 0 aromatic heterocycles. The van der Waals surface area contributed by atoms with Crippen molar-refractivity contribution in [2.45, 2.75) is 30.3 Å². The van der Waals surface area contributed by atoms with Crippen LogP contribution in [0.4, 0.5) is 10.5 Å². The van der Waals surface area contributed by atoms with Gasteiger partial charge in [0.15, 0.2) is 0 Å². The second-order valence-electron chi connectivity index (χ2n) is 6.12. The molecule has 3 N–H and O–H groups in total. The predicted octanol–water partition coefficient (Wildman–Crippen LogP) is 5.98. The van der Waals surface area contributed by atoms with Crippen molar-refractivity contribution in [1.82, 2.24) is 0 Å². The van der Waals surface area contributed by atoms with Gasteiger partial charge in [0.2, 0.25) is 0 Å². The van der Waals surface area contributed by atoms with Crippen LogP contribution in [0.15, 0.2) is 64.0 Å². The maximum atomic E-state index is 12.4. The molecule has 0 spiro atoms. The van der Waals surface area contributed by atoms with E-state index in [1.54, 1.807) is 42.1 Å². The quantitative estimate of drug-likeness (QED) is 0.232. The number of rotatable bonds is 9. The number of carboxylic acid groups (broad SMARTS) is 1. The Bertz CT molecular complexity index is 870. The van der Waals surface area contributed by atoms with E-state index < -0.39 is 18.2 Å². The van der Waals surface area contributed by atoms with Gasteiger partial charge in [-0.3, -0.25) is 5.32 Å². The van der Waals surface area contributed by atoms with E-state index in [-0.39, 0.29) is 5.75 Å². The molecule has 0 aliphatic rings. The molecule has 0 aliphatic carbocycles. The Labute approximate surface area is 182 Å². The van der Waals surface area contributed by atoms with Gasteiger partial charge in [-0.15, -0.1) is 11.8 Å². The molecule has 0 radical (unpaired) electrons. The molecule has 0 aliphatic heterocycles. The van der Waals surface area contributed by atoms with Gasteiger partial charge in [0.25, 0.3) is 0 Å². The van der Waals surface area contributed by atoms with Crippen molar-refractivity contribution in [2.75, 3.05) is 11.6 Å². The molecule has 0 saturated carbocycles. The van der Waals surface area contributed by atoms with Crippen LogP contribution in [0.3, 0.4) is 0 Å². The lowest BCUT2D eigenvalue weighted by Crippen LogP contribution is -2.18. The topological polar surface area (TPSA) is 95.9 Å². The van der Waals surface area contributed by atoms with Crippen LogP contribution in [0, 0.1) is 0 Å². The molecule has 6 nitrogen and oxygen atoms in total. The van der Waals surface area contributed by atoms with E-state index in [1.165, 1.54) is 6.07 Å². The van der Waals surface area contributed by atoms with E-state index in [2.05, 4.69) is 21.2 Å². The molecule has 0 heterocycles. The molecular weight excluding hydrogens is 458 g/mol. The maximum Gasteiger partial charge on any atom is 0.412 e. The van der Waals surface area contributed by atoms with Crippen LogP contribution >= 0.6 is 27.7 Å². The van der Waals surface area contributed by atoms with Gasteiger partial charge in [0.05, 0.1) is 0 Å². The average Bonchev–Trinajstić information content (AvgIpc) is 2.69. The number of carbonyl (C=O) groups is 2. The Morgan fingerprint density at radius 3 is 2.62 bits per heavy atom. The number of carboxylic acids is 1. The molecule has 29 heavy (non-hydrogen) atoms. The average molecular weight is 480 g/mol. The van der Waals surface area contributed by atoms with E-state index in [4.69, 9.17) is 9.84 Å². The van der Waals surface area contributed by atoms with Crippen LogP contribution in [0.2, 0.25) is 0 Å². The molecule has 0 bridgehead atoms. The van der Waals surface area contributed by atoms with Gasteiger partial charge >= 0.3 is 12.1 Å². The summed E-state index contributed by atoms with van der Waals surface area (Å²) in [5.74, 6) is -0.981. The number of anilines is 1. The highest BCUT2D eigenvalue weighted by molar-refractivity contribution is 9.10. The van der Waals surface area contributed by atoms with Crippen LogP contribution in [-0.2, 0) is 9.53 Å². The minimum Gasteiger partial charge on any atom is -0.508 e. The number of carbonyl (C=O) groups excluding carboxylic acids is 1. The third-order valence-electron chi connectivity index (χ3n) is 4.02. The SMILES string of the molecule is CSc1ccc(NC(=O)O[C@H](CCC/C=C/C(=O)O)c2cc(Br)ccc2O)cc1. The molecule has 0 fully saturated rings. The Morgan fingerprint density at radius 1 is 1.24 bits per heavy atom. The normalized spacial score (nSPS) is 11.9. The summed E-state index contributed by atoms with van der Waals surface area (Å²) in [5.41, 5.74) is 1.09. The minimum absolute atomic E-state index is 0.0244. The van der Waals surface area contributed by atoms with Gasteiger partial charge in [-0.1, -0.05) is 22.0 Å². The van der Waals surface area contributed by atoms with Crippen molar-refractivity contribution in [3.05, 3.63) is 64.7 Å². The second kappa shape index (κ2) is 11.5. The number of phenolic OH excluding ortho intramolecular Hbond substituents is 1. The summed E-state index contributed by atoms with van der Waals surface area (Å²) in [6.45, 7) is 0. The summed E-state index contributed by atoms with van der Waals surface area (Å²) in [7, 11) is 0. The predicted molar refractivity (Wildman–Crippen MR) is 118 cm³/mol. The third kappa shape index (κ3) is 7.83. The number of unbranched alkanes of at least 4 members (excludes halogenated alkanes) is 1. The largest absolute Gasteiger partial charge is 0.508 e. The molecular formula is C21H22BrNO5S. The Hall–Kier alpha value is -2.45. The number of ether oxygens (including phenoxy) is 1. The van der Waals surface area contributed by atoms with Crippen molar-refractivity contribution in [2.24, 2.45) is 0 Å². The molecule has 8 heteroatoms. The number of hydrogen-bond acceptors (Lipinski definition) is 5. The molecule has 2 rings (SSSR count). The van der Waals surface area contributed by atoms with E-state index in [0.29, 0.717) is 30.5 Å². The van der Waals surface area contributed by atoms with Crippen LogP contribution in [0.5, 0.6) is 5.75 Å². The third-order valence-corrected chi connectivity index (χ3v) is 5.26. The van der Waals surface area contributed by atoms with Crippen LogP contribution in [0.1, 0.15) is 30.9 Å². The number of nitrogens with one attached hydrogen (secondary N) is 1. The number of amides is 1. The van der Waals surface area contributed by atoms with Gasteiger partial charge in [0, 0.05) is 26.7 Å². The lowest BCUT2D eigenvalue weighted by molar-refractivity contribution is -0.131. The van der Waals surface area contributed by atoms with Crippen LogP contribution < -0.4 is 5.32 Å². The smallest absolute Gasteiger partial charge is 0.412 e. The first-order valence-electron chi connectivity index (χ1n) is 8.88. The number of hydrogen-bond donors (Lipinski definition) is 3. The van der Waals surface area contributed by atoms with Crippen molar-refractivity contribution in [1.29, 1.82) is 0 Å². The van der Waals surface area contributed by atoms with E-state index >= 15 is 0 Å². The van der Waals surface area contributed by atoms with Gasteiger partial charge in [-0.05, 0) is 68.0 Å². The summed E-state index contributed by atoms with van der Waals surface area (Å²) in [5, 5.41) is 21.6. The van der Waals surface area contributed by atoms with Gasteiger partial charge in [0.1, 0.15) is 11.9 Å². The lowest BCUT2D eigenvalue weighted by atomic mass is 10.0. The van der Waals surface area contributed by atoms with Gasteiger partial charge in [-0.2, -0.15) is 0 Å². The Balaban J connectivity index is 2.07. The number of thioether (sulfide) groups is 1. The number of phenols is 1. The summed E-state index contributed by atoms with van der Waals surface area (Å²) >= 11 is 4.97. The maximum absolute atomic E-state index is 12.4. The highest BCUT2D eigenvalue weighted by Gasteiger charge is 2.20. The number of aromatic hydroxyl groups is 1. The first-order chi connectivity index (χ1) is 13.9. The standard InChI is InChI=1S/C21H22BrNO5S/c1-29-16-10-8-15(9-11-16)23-21(27)28-19(5-3-2-4-6-20(25)26)17-13-14(22)7-12-18(17)24/h4,6-13,19,24H,2-3,5H2,1H3,(H,23,27)(H,25,26)/b6-4+/t19-/m1/s1. The number of halogens is 1. The molecule has 1 atom stereocenters. The summed E-state index contributed by atoms with van der Waals surface area (Å²) in [6, 6.07) is 12.3. The van der Waals surface area contributed by atoms with E-state index in [9.17, 15) is 14.7 Å². The first-order valence-corrected chi connectivity index (χ1v) is 10.9. The fourth-order valence-corrected chi connectivity index (χ4v) is 3.40. The van der Waals surface area contributed by atoms with Crippen molar-refractivity contribution in [3.63, 3.8) is 0 Å². The first kappa shape index (κ1) is 22.8. The van der Waals surface area contributed by atoms with Gasteiger partial charge < -0.3 is 14.9 Å². The highest BCUT2D eigenvalue weighted by Crippen LogP contribution is 2.33. The molecule has 154 valence electrons. The molecule has 2 aromatic rings. The molecule has 1 amide bonds. The Kier molecular flexibility index (Phi) is 9.08. The van der Waals surface area contributed by atoms with E-state index in [0.717, 1.165) is 15.4 Å². The van der Waals surface area contributed by atoms with Crippen LogP contribution in [-0.4, -0.2) is 28.5 Å². The molecule has 0 unspecified atom stereocenters. The minimum atomic E-state index is -1.01. The van der Waals surface area contributed by atoms with Crippen molar-refractivity contribution < 1.29 is 24.5 Å². The summed E-state index contributed by atoms with van der Waals surface area (Å²) in [6.07, 6.45) is 4.80. The fraction of sp³-hybridized carbons (Fsp3) is 0.238. The number of benzene rings is 2. The zero-order chi connectivity index (χ0) is 21.2. The highest BCUT2D eigenvalue weighted by atomic mass is 79.9. The van der Waals surface area contributed by atoms with Crippen LogP contribution in [0.25, 0.3) is 0 Å². The zero-order valence-corrected chi connectivity index (χ0v) is 18.2. The molecule has 2 aromatic carbocycles. The summed E-state index contributed by atoms with van der Waals surface area (Å²) in [4.78, 5) is 24.0. The lowest BCUT2D eigenvalue weighted by Gasteiger charge is -2.20. The number of allylic oxidation sites excluding steroid dienone is 1. The van der Waals surface area contributed by atoms with Crippen molar-refractivity contribution in [3.8, 4) is 5.75 Å². The van der Waals surface area contributed by atoms with Gasteiger partial charge in [-0.25, -0.2) is 9.59 Å².